The van der Waals surface area contributed by atoms with Crippen LogP contribution < -0.4 is 15.4 Å². The van der Waals surface area contributed by atoms with E-state index in [0.29, 0.717) is 66.2 Å². The van der Waals surface area contributed by atoms with Crippen LogP contribution in [0.4, 0.5) is 29.2 Å². The smallest absolute Gasteiger partial charge is 0.378 e. The molecule has 2 aromatic carbocycles. The van der Waals surface area contributed by atoms with E-state index in [0.717, 1.165) is 72.2 Å². The van der Waals surface area contributed by atoms with Gasteiger partial charge in [0.05, 0.1) is 46.6 Å². The van der Waals surface area contributed by atoms with Crippen LogP contribution in [0.15, 0.2) is 71.7 Å². The van der Waals surface area contributed by atoms with E-state index >= 15 is 0 Å². The van der Waals surface area contributed by atoms with Gasteiger partial charge in [0.1, 0.15) is 36.0 Å². The number of aromatic nitrogens is 3. The van der Waals surface area contributed by atoms with Crippen molar-refractivity contribution in [1.82, 2.24) is 24.8 Å². The van der Waals surface area contributed by atoms with Gasteiger partial charge in [0.25, 0.3) is 5.56 Å². The molecule has 7 fully saturated rings. The van der Waals surface area contributed by atoms with Crippen LogP contribution in [0, 0.1) is 58.1 Å². The third-order valence-electron chi connectivity index (χ3n) is 16.6. The second-order valence-electron chi connectivity index (χ2n) is 21.3. The number of H-pyrrole nitrogens is 1. The number of nitriles is 2. The molecule has 2 amide bonds. The summed E-state index contributed by atoms with van der Waals surface area (Å²) in [6.07, 6.45) is 1.29. The number of benzene rings is 2. The molecule has 0 bridgehead atoms. The molecule has 5 saturated carbocycles. The van der Waals surface area contributed by atoms with Crippen LogP contribution in [-0.4, -0.2) is 107 Å². The number of piperazine rings is 2. The summed E-state index contributed by atoms with van der Waals surface area (Å²) in [6.45, 7) is 4.46. The molecule has 0 radical (unpaired) electrons. The predicted octanol–water partition coefficient (Wildman–Crippen LogP) is 8.67. The van der Waals surface area contributed by atoms with E-state index in [1.165, 1.54) is 17.0 Å². The van der Waals surface area contributed by atoms with Gasteiger partial charge in [-0.05, 0) is 128 Å². The van der Waals surface area contributed by atoms with E-state index in [1.807, 2.05) is 42.2 Å². The number of rotatable bonds is 13. The fraction of sp³-hybridized carbons (Fsp3) is 0.482. The third kappa shape index (κ3) is 9.08. The van der Waals surface area contributed by atoms with Crippen molar-refractivity contribution in [3.63, 3.8) is 0 Å². The zero-order chi connectivity index (χ0) is 50.4. The molecule has 5 aromatic rings. The van der Waals surface area contributed by atoms with Crippen molar-refractivity contribution < 1.29 is 31.9 Å². The second-order valence-corrected chi connectivity index (χ2v) is 21.3. The van der Waals surface area contributed by atoms with E-state index in [2.05, 4.69) is 26.9 Å². The van der Waals surface area contributed by atoms with Crippen LogP contribution in [-0.2, 0) is 14.3 Å². The maximum atomic E-state index is 14.5. The summed E-state index contributed by atoms with van der Waals surface area (Å²) < 4.78 is 60.4. The van der Waals surface area contributed by atoms with Crippen LogP contribution in [0.3, 0.4) is 0 Å². The SMILES string of the molecule is CCO[C@H]1C[C@@H]1C(=O)N1CCN(c2nc(C3CC3)c(-c3ccc(F)cc3)cc2C#N)C[C@H]1C1CC1C1CC1c1nc(N2CCN(C(=O)CC(F)(F)F)[C@H](C3CC3)C2)c(C#N)cc1-c1cccc2c(=O)[nH]ccc12. The summed E-state index contributed by atoms with van der Waals surface area (Å²) in [5.74, 6) is 0.472. The first-order chi connectivity index (χ1) is 35.3. The van der Waals surface area contributed by atoms with Crippen molar-refractivity contribution >= 4 is 34.2 Å². The summed E-state index contributed by atoms with van der Waals surface area (Å²) >= 11 is 0. The van der Waals surface area contributed by atoms with Crippen LogP contribution in [0.2, 0.25) is 0 Å². The predicted molar refractivity (Wildman–Crippen MR) is 264 cm³/mol. The number of nitrogens with zero attached hydrogens (tertiary/aromatic N) is 8. The first kappa shape index (κ1) is 47.2. The van der Waals surface area contributed by atoms with Gasteiger partial charge in [0.2, 0.25) is 11.8 Å². The number of amides is 2. The number of aromatic amines is 1. The summed E-state index contributed by atoms with van der Waals surface area (Å²) in [7, 11) is 0. The third-order valence-corrected chi connectivity index (χ3v) is 16.6. The molecule has 7 aliphatic rings. The number of fused-ring (bicyclic) bond motifs is 1. The van der Waals surface area contributed by atoms with Crippen LogP contribution in [0.5, 0.6) is 0 Å². The molecule has 13 nitrogen and oxygen atoms in total. The van der Waals surface area contributed by atoms with E-state index in [-0.39, 0.29) is 90.5 Å². The fourth-order valence-electron chi connectivity index (χ4n) is 12.5. The zero-order valence-corrected chi connectivity index (χ0v) is 40.5. The lowest BCUT2D eigenvalue weighted by Gasteiger charge is -2.43. The molecule has 5 aliphatic carbocycles. The van der Waals surface area contributed by atoms with Gasteiger partial charge in [-0.25, -0.2) is 14.4 Å². The standard InChI is InChI=1S/C56H55F4N9O4/c1-2-73-48-24-45(48)55(72)69-19-17-67(52-33(26-61)20-39(50(64-52)32-8-9-32)30-10-12-35(57)13-11-30)29-47(69)42-22-40(42)41-23-44(41)51-43(36-4-3-5-38-37(36)14-15-63-54(38)71)21-34(27-62)53(65-51)66-16-18-68(46(28-66)31-6-7-31)49(70)25-56(58,59)60/h3-5,10-15,20-21,31-32,40-42,44-48H,2,6-9,16-19,22-25,28-29H2,1H3,(H,63,71)/t40?,41?,42?,44?,45-,46-,47-,48-/m0/s1. The molecule has 2 aliphatic heterocycles. The topological polar surface area (TPSA) is 163 Å². The number of carbonyl (C=O) groups excluding carboxylic acids is 2. The zero-order valence-electron chi connectivity index (χ0n) is 40.5. The second kappa shape index (κ2) is 18.3. The normalized spacial score (nSPS) is 26.6. The molecule has 0 spiro atoms. The molecule has 17 heteroatoms. The minimum atomic E-state index is -4.62. The molecule has 1 N–H and O–H groups in total. The van der Waals surface area contributed by atoms with Gasteiger partial charge in [-0.3, -0.25) is 14.4 Å². The van der Waals surface area contributed by atoms with Gasteiger partial charge < -0.3 is 29.3 Å². The monoisotopic (exact) mass is 993 g/mol. The van der Waals surface area contributed by atoms with Gasteiger partial charge in [-0.2, -0.15) is 23.7 Å². The van der Waals surface area contributed by atoms with Crippen molar-refractivity contribution in [2.75, 3.05) is 55.7 Å². The number of anilines is 2. The number of halogens is 4. The number of carbonyl (C=O) groups is 2. The number of nitrogens with one attached hydrogen (secondary N) is 1. The van der Waals surface area contributed by atoms with Gasteiger partial charge in [-0.1, -0.05) is 24.3 Å². The Balaban J connectivity index is 0.872. The maximum absolute atomic E-state index is 14.5. The number of pyridine rings is 3. The highest BCUT2D eigenvalue weighted by atomic mass is 19.4. The quantitative estimate of drug-likeness (QED) is 0.113. The average molecular weight is 994 g/mol. The molecule has 376 valence electrons. The summed E-state index contributed by atoms with van der Waals surface area (Å²) in [6, 6.07) is 21.6. The highest BCUT2D eigenvalue weighted by Crippen LogP contribution is 2.64. The Labute approximate surface area is 419 Å². The van der Waals surface area contributed by atoms with Crippen LogP contribution in [0.25, 0.3) is 33.0 Å². The summed E-state index contributed by atoms with van der Waals surface area (Å²) in [5.41, 5.74) is 5.31. The van der Waals surface area contributed by atoms with Gasteiger partial charge in [-0.15, -0.1) is 0 Å². The summed E-state index contributed by atoms with van der Waals surface area (Å²) in [5, 5.41) is 22.6. The van der Waals surface area contributed by atoms with Crippen molar-refractivity contribution in [2.24, 2.45) is 29.6 Å². The Kier molecular flexibility index (Phi) is 11.8. The highest BCUT2D eigenvalue weighted by Gasteiger charge is 2.60. The number of hydrogen-bond acceptors (Lipinski definition) is 10. The molecular weight excluding hydrogens is 939 g/mol. The molecule has 3 aromatic heterocycles. The van der Waals surface area contributed by atoms with Crippen LogP contribution >= 0.6 is 0 Å². The van der Waals surface area contributed by atoms with Crippen molar-refractivity contribution in [3.05, 3.63) is 106 Å². The first-order valence-corrected chi connectivity index (χ1v) is 25.9. The first-order valence-electron chi connectivity index (χ1n) is 25.9. The largest absolute Gasteiger partial charge is 0.397 e. The molecule has 5 heterocycles. The number of ether oxygens (including phenoxy) is 1. The molecule has 12 rings (SSSR count). The van der Waals surface area contributed by atoms with Crippen LogP contribution in [0.1, 0.15) is 92.6 Å². The minimum absolute atomic E-state index is 0.0378. The van der Waals surface area contributed by atoms with Gasteiger partial charge in [0.15, 0.2) is 0 Å². The Morgan fingerprint density at radius 3 is 2.12 bits per heavy atom. The Morgan fingerprint density at radius 2 is 1.45 bits per heavy atom. The van der Waals surface area contributed by atoms with Gasteiger partial charge >= 0.3 is 6.18 Å². The molecule has 73 heavy (non-hydrogen) atoms. The van der Waals surface area contributed by atoms with E-state index < -0.39 is 24.5 Å². The summed E-state index contributed by atoms with van der Waals surface area (Å²) in [4.78, 5) is 61.7. The Bertz CT molecular complexity index is 3180. The molecule has 8 atom stereocenters. The number of alkyl halides is 3. The highest BCUT2D eigenvalue weighted by molar-refractivity contribution is 5.97. The lowest BCUT2D eigenvalue weighted by Crippen LogP contribution is -2.57. The van der Waals surface area contributed by atoms with E-state index in [1.54, 1.807) is 24.4 Å². The molecular formula is C56H55F4N9O4. The maximum Gasteiger partial charge on any atom is 0.397 e. The van der Waals surface area contributed by atoms with E-state index in [4.69, 9.17) is 14.7 Å². The van der Waals surface area contributed by atoms with Crippen molar-refractivity contribution in [2.45, 2.75) is 94.5 Å². The number of hydrogen-bond donors (Lipinski definition) is 1. The lowest BCUT2D eigenvalue weighted by atomic mass is 9.93. The average Bonchev–Trinajstić information content (AvgIpc) is 4.17. The van der Waals surface area contributed by atoms with Gasteiger partial charge in [0, 0.05) is 80.4 Å². The Morgan fingerprint density at radius 1 is 0.767 bits per heavy atom. The minimum Gasteiger partial charge on any atom is -0.378 e. The van der Waals surface area contributed by atoms with E-state index in [9.17, 15) is 42.5 Å². The fourth-order valence-corrected chi connectivity index (χ4v) is 12.5. The van der Waals surface area contributed by atoms with Crippen molar-refractivity contribution in [1.29, 1.82) is 10.5 Å². The van der Waals surface area contributed by atoms with Crippen molar-refractivity contribution in [3.8, 4) is 34.4 Å². The molecule has 4 unspecified atom stereocenters. The Hall–Kier alpha value is -6.85. The molecule has 2 saturated heterocycles. The lowest BCUT2D eigenvalue weighted by molar-refractivity contribution is -0.163.